The number of hydrogen-bond acceptors (Lipinski definition) is 3. The summed E-state index contributed by atoms with van der Waals surface area (Å²) >= 11 is 0. The molecule has 0 aromatic heterocycles. The van der Waals surface area contributed by atoms with Crippen LogP contribution in [0.15, 0.2) is 48.5 Å². The van der Waals surface area contributed by atoms with Gasteiger partial charge in [0.1, 0.15) is 11.8 Å². The molecule has 0 aliphatic heterocycles. The Morgan fingerprint density at radius 3 is 2.33 bits per heavy atom. The molecule has 0 saturated carbocycles. The molecule has 0 radical (unpaired) electrons. The van der Waals surface area contributed by atoms with Crippen molar-refractivity contribution < 1.29 is 14.3 Å². The zero-order valence-corrected chi connectivity index (χ0v) is 18.8. The lowest BCUT2D eigenvalue weighted by Crippen LogP contribution is -2.50. The first-order chi connectivity index (χ1) is 14.3. The zero-order chi connectivity index (χ0) is 22.1. The highest BCUT2D eigenvalue weighted by molar-refractivity contribution is 5.88. The molecule has 162 valence electrons. The molecule has 5 nitrogen and oxygen atoms in total. The number of carbonyl (C=O) groups is 2. The molecule has 2 amide bonds. The van der Waals surface area contributed by atoms with E-state index in [2.05, 4.69) is 12.2 Å². The van der Waals surface area contributed by atoms with Gasteiger partial charge in [0, 0.05) is 12.6 Å². The van der Waals surface area contributed by atoms with Gasteiger partial charge in [-0.05, 0) is 56.9 Å². The lowest BCUT2D eigenvalue weighted by atomic mass is 10.1. The van der Waals surface area contributed by atoms with Crippen LogP contribution < -0.4 is 10.1 Å². The predicted octanol–water partition coefficient (Wildman–Crippen LogP) is 4.27. The summed E-state index contributed by atoms with van der Waals surface area (Å²) in [4.78, 5) is 27.4. The zero-order valence-electron chi connectivity index (χ0n) is 18.8. The van der Waals surface area contributed by atoms with E-state index in [-0.39, 0.29) is 24.5 Å². The van der Waals surface area contributed by atoms with E-state index < -0.39 is 6.04 Å². The Balaban J connectivity index is 2.13. The van der Waals surface area contributed by atoms with Crippen LogP contribution in [0.25, 0.3) is 0 Å². The fourth-order valence-corrected chi connectivity index (χ4v) is 3.10. The molecule has 2 atom stereocenters. The van der Waals surface area contributed by atoms with Crippen molar-refractivity contribution in [1.82, 2.24) is 10.2 Å². The molecule has 2 aromatic carbocycles. The average molecular weight is 411 g/mol. The highest BCUT2D eigenvalue weighted by Gasteiger charge is 2.27. The summed E-state index contributed by atoms with van der Waals surface area (Å²) in [6.45, 7) is 10.1. The molecule has 0 aliphatic carbocycles. The number of carbonyl (C=O) groups excluding carboxylic acids is 2. The van der Waals surface area contributed by atoms with Gasteiger partial charge in [0.2, 0.25) is 5.91 Å². The molecule has 0 fully saturated rings. The highest BCUT2D eigenvalue weighted by atomic mass is 16.5. The number of amides is 2. The Kier molecular flexibility index (Phi) is 8.90. The average Bonchev–Trinajstić information content (AvgIpc) is 2.75. The van der Waals surface area contributed by atoms with Gasteiger partial charge in [-0.1, -0.05) is 55.8 Å². The minimum Gasteiger partial charge on any atom is -0.484 e. The maximum absolute atomic E-state index is 13.1. The van der Waals surface area contributed by atoms with Crippen molar-refractivity contribution in [3.05, 3.63) is 65.2 Å². The molecule has 2 aromatic rings. The van der Waals surface area contributed by atoms with Crippen LogP contribution in [0.4, 0.5) is 0 Å². The Labute approximate surface area is 180 Å². The standard InChI is InChI=1S/C25H34N2O3/c1-6-19(4)26-25(29)20(5)27(16-22-10-8-9-18(3)15-22)24(28)17-30-23-13-11-21(7-2)12-14-23/h8-15,19-20H,6-7,16-17H2,1-5H3,(H,26,29)/t19-,20+/m1/s1. The molecule has 0 unspecified atom stereocenters. The van der Waals surface area contributed by atoms with Crippen LogP contribution in [0.2, 0.25) is 0 Å². The van der Waals surface area contributed by atoms with Gasteiger partial charge < -0.3 is 15.0 Å². The smallest absolute Gasteiger partial charge is 0.261 e. The molecule has 1 N–H and O–H groups in total. The minimum absolute atomic E-state index is 0.0594. The first-order valence-electron chi connectivity index (χ1n) is 10.7. The summed E-state index contributed by atoms with van der Waals surface area (Å²) in [5.41, 5.74) is 3.31. The van der Waals surface area contributed by atoms with Crippen LogP contribution in [0, 0.1) is 6.92 Å². The number of aryl methyl sites for hydroxylation is 2. The Morgan fingerprint density at radius 2 is 1.73 bits per heavy atom. The fraction of sp³-hybridized carbons (Fsp3) is 0.440. The first-order valence-corrected chi connectivity index (χ1v) is 10.7. The van der Waals surface area contributed by atoms with Crippen molar-refractivity contribution in [2.24, 2.45) is 0 Å². The van der Waals surface area contributed by atoms with Gasteiger partial charge in [-0.15, -0.1) is 0 Å². The molecule has 0 saturated heterocycles. The molecular formula is C25H34N2O3. The van der Waals surface area contributed by atoms with E-state index in [1.165, 1.54) is 5.56 Å². The van der Waals surface area contributed by atoms with Crippen molar-refractivity contribution in [1.29, 1.82) is 0 Å². The molecule has 0 bridgehead atoms. The van der Waals surface area contributed by atoms with Crippen LogP contribution >= 0.6 is 0 Å². The quantitative estimate of drug-likeness (QED) is 0.636. The summed E-state index contributed by atoms with van der Waals surface area (Å²) in [5, 5.41) is 2.97. The second-order valence-electron chi connectivity index (χ2n) is 7.79. The molecule has 30 heavy (non-hydrogen) atoms. The van der Waals surface area contributed by atoms with E-state index in [1.807, 2.05) is 69.3 Å². The lowest BCUT2D eigenvalue weighted by Gasteiger charge is -2.29. The molecule has 0 spiro atoms. The lowest BCUT2D eigenvalue weighted by molar-refractivity contribution is -0.142. The van der Waals surface area contributed by atoms with E-state index >= 15 is 0 Å². The van der Waals surface area contributed by atoms with Crippen LogP contribution in [0.5, 0.6) is 5.75 Å². The van der Waals surface area contributed by atoms with Crippen molar-refractivity contribution in [3.63, 3.8) is 0 Å². The second-order valence-corrected chi connectivity index (χ2v) is 7.79. The Bertz CT molecular complexity index is 833. The molecule has 0 heterocycles. The SMILES string of the molecule is CCc1ccc(OCC(=O)N(Cc2cccc(C)c2)[C@@H](C)C(=O)N[C@H](C)CC)cc1. The van der Waals surface area contributed by atoms with Crippen LogP contribution in [0.1, 0.15) is 50.8 Å². The fourth-order valence-electron chi connectivity index (χ4n) is 3.10. The summed E-state index contributed by atoms with van der Waals surface area (Å²) in [6, 6.07) is 15.2. The summed E-state index contributed by atoms with van der Waals surface area (Å²) in [6.07, 6.45) is 1.79. The van der Waals surface area contributed by atoms with Crippen LogP contribution in [-0.4, -0.2) is 35.4 Å². The van der Waals surface area contributed by atoms with Crippen molar-refractivity contribution in [3.8, 4) is 5.75 Å². The largest absolute Gasteiger partial charge is 0.484 e. The minimum atomic E-state index is -0.599. The maximum atomic E-state index is 13.1. The van der Waals surface area contributed by atoms with Crippen LogP contribution in [0.3, 0.4) is 0 Å². The van der Waals surface area contributed by atoms with Crippen LogP contribution in [-0.2, 0) is 22.6 Å². The van der Waals surface area contributed by atoms with E-state index in [9.17, 15) is 9.59 Å². The molecular weight excluding hydrogens is 376 g/mol. The van der Waals surface area contributed by atoms with Gasteiger partial charge in [0.25, 0.3) is 5.91 Å². The van der Waals surface area contributed by atoms with Gasteiger partial charge in [0.15, 0.2) is 6.61 Å². The van der Waals surface area contributed by atoms with Gasteiger partial charge in [0.05, 0.1) is 0 Å². The predicted molar refractivity (Wildman–Crippen MR) is 120 cm³/mol. The van der Waals surface area contributed by atoms with Gasteiger partial charge >= 0.3 is 0 Å². The van der Waals surface area contributed by atoms with Crippen molar-refractivity contribution in [2.75, 3.05) is 6.61 Å². The molecule has 0 aliphatic rings. The third-order valence-corrected chi connectivity index (χ3v) is 5.30. The van der Waals surface area contributed by atoms with Gasteiger partial charge in [-0.2, -0.15) is 0 Å². The highest BCUT2D eigenvalue weighted by Crippen LogP contribution is 2.15. The maximum Gasteiger partial charge on any atom is 0.261 e. The number of ether oxygens (including phenoxy) is 1. The number of benzene rings is 2. The second kappa shape index (κ2) is 11.4. The number of nitrogens with one attached hydrogen (secondary N) is 1. The van der Waals surface area contributed by atoms with Crippen molar-refractivity contribution in [2.45, 2.75) is 66.1 Å². The van der Waals surface area contributed by atoms with E-state index in [4.69, 9.17) is 4.74 Å². The molecule has 5 heteroatoms. The number of nitrogens with zero attached hydrogens (tertiary/aromatic N) is 1. The topological polar surface area (TPSA) is 58.6 Å². The molecule has 2 rings (SSSR count). The Hall–Kier alpha value is -2.82. The number of rotatable bonds is 10. The first kappa shape index (κ1) is 23.5. The van der Waals surface area contributed by atoms with Crippen molar-refractivity contribution >= 4 is 11.8 Å². The van der Waals surface area contributed by atoms with E-state index in [0.717, 1.165) is 24.0 Å². The van der Waals surface area contributed by atoms with Gasteiger partial charge in [-0.3, -0.25) is 9.59 Å². The van der Waals surface area contributed by atoms with E-state index in [0.29, 0.717) is 12.3 Å². The monoisotopic (exact) mass is 410 g/mol. The third kappa shape index (κ3) is 6.90. The third-order valence-electron chi connectivity index (χ3n) is 5.30. The van der Waals surface area contributed by atoms with Gasteiger partial charge in [-0.25, -0.2) is 0 Å². The normalized spacial score (nSPS) is 12.7. The van der Waals surface area contributed by atoms with E-state index in [1.54, 1.807) is 11.8 Å². The summed E-state index contributed by atoms with van der Waals surface area (Å²) in [5.74, 6) is 0.272. The summed E-state index contributed by atoms with van der Waals surface area (Å²) < 4.78 is 5.72. The Morgan fingerprint density at radius 1 is 1.03 bits per heavy atom. The summed E-state index contributed by atoms with van der Waals surface area (Å²) in [7, 11) is 0. The number of hydrogen-bond donors (Lipinski definition) is 1.